The maximum Gasteiger partial charge on any atom is 0.122 e. The van der Waals surface area contributed by atoms with Gasteiger partial charge in [0.15, 0.2) is 0 Å². The molecular formula is C22H37NO5. The Balaban J connectivity index is 1.68. The zero-order valence-electron chi connectivity index (χ0n) is 17.4. The van der Waals surface area contributed by atoms with Crippen molar-refractivity contribution in [2.75, 3.05) is 26.3 Å². The van der Waals surface area contributed by atoms with Crippen LogP contribution in [0.5, 0.6) is 5.75 Å². The van der Waals surface area contributed by atoms with Crippen LogP contribution in [0.4, 0.5) is 0 Å². The zero-order chi connectivity index (χ0) is 20.7. The van der Waals surface area contributed by atoms with E-state index < -0.39 is 24.4 Å². The SMILES string of the molecule is Cc1ccc(C(C)C)c(OCCCCCCN2C[C@H](O)[C@@H](O)[C@H](O)[C@H]2CO)c1. The number of unbranched alkanes of at least 4 members (excludes halogenated alkanes) is 3. The Morgan fingerprint density at radius 1 is 1.07 bits per heavy atom. The lowest BCUT2D eigenvalue weighted by molar-refractivity contribution is -0.145. The molecule has 0 amide bonds. The van der Waals surface area contributed by atoms with Gasteiger partial charge in [0.05, 0.1) is 25.4 Å². The van der Waals surface area contributed by atoms with E-state index in [1.54, 1.807) is 0 Å². The molecule has 0 bridgehead atoms. The molecular weight excluding hydrogens is 358 g/mol. The second-order valence-corrected chi connectivity index (χ2v) is 8.25. The third kappa shape index (κ3) is 6.16. The van der Waals surface area contributed by atoms with E-state index in [9.17, 15) is 20.4 Å². The number of β-amino-alcohol motifs (C(OH)–C–C–N with tert-alkyl or cyclic N) is 1. The van der Waals surface area contributed by atoms with Crippen LogP contribution in [0.1, 0.15) is 56.6 Å². The predicted molar refractivity (Wildman–Crippen MR) is 110 cm³/mol. The van der Waals surface area contributed by atoms with Gasteiger partial charge in [0.2, 0.25) is 0 Å². The van der Waals surface area contributed by atoms with Crippen LogP contribution in [0, 0.1) is 6.92 Å². The number of aliphatic hydroxyl groups excluding tert-OH is 4. The first kappa shape index (κ1) is 23.1. The third-order valence-corrected chi connectivity index (χ3v) is 5.60. The Bertz CT molecular complexity index is 594. The van der Waals surface area contributed by atoms with E-state index >= 15 is 0 Å². The number of piperidine rings is 1. The van der Waals surface area contributed by atoms with Crippen molar-refractivity contribution in [2.45, 2.75) is 76.7 Å². The second kappa shape index (κ2) is 11.1. The van der Waals surface area contributed by atoms with E-state index in [0.29, 0.717) is 19.1 Å². The Hall–Kier alpha value is -1.18. The summed E-state index contributed by atoms with van der Waals surface area (Å²) in [5.74, 6) is 1.42. The lowest BCUT2D eigenvalue weighted by Crippen LogP contribution is -2.62. The third-order valence-electron chi connectivity index (χ3n) is 5.60. The molecule has 6 nitrogen and oxygen atoms in total. The molecule has 1 fully saturated rings. The molecule has 0 saturated carbocycles. The van der Waals surface area contributed by atoms with E-state index in [0.717, 1.165) is 31.4 Å². The quantitative estimate of drug-likeness (QED) is 0.452. The average molecular weight is 396 g/mol. The van der Waals surface area contributed by atoms with Crippen molar-refractivity contribution in [1.29, 1.82) is 0 Å². The van der Waals surface area contributed by atoms with Crippen molar-refractivity contribution in [3.63, 3.8) is 0 Å². The summed E-state index contributed by atoms with van der Waals surface area (Å²) in [5.41, 5.74) is 2.44. The number of likely N-dealkylation sites (tertiary alicyclic amines) is 1. The highest BCUT2D eigenvalue weighted by atomic mass is 16.5. The molecule has 0 unspecified atom stereocenters. The number of nitrogens with zero attached hydrogens (tertiary/aromatic N) is 1. The summed E-state index contributed by atoms with van der Waals surface area (Å²) in [6, 6.07) is 5.85. The number of aryl methyl sites for hydroxylation is 1. The van der Waals surface area contributed by atoms with Crippen LogP contribution in [-0.2, 0) is 0 Å². The first-order valence-corrected chi connectivity index (χ1v) is 10.5. The number of ether oxygens (including phenoxy) is 1. The van der Waals surface area contributed by atoms with Gasteiger partial charge in [0.25, 0.3) is 0 Å². The molecule has 28 heavy (non-hydrogen) atoms. The Morgan fingerprint density at radius 3 is 2.46 bits per heavy atom. The molecule has 4 atom stereocenters. The van der Waals surface area contributed by atoms with Crippen molar-refractivity contribution in [2.24, 2.45) is 0 Å². The summed E-state index contributed by atoms with van der Waals surface area (Å²) in [5, 5.41) is 39.1. The van der Waals surface area contributed by atoms with Gasteiger partial charge in [0, 0.05) is 6.54 Å². The van der Waals surface area contributed by atoms with Gasteiger partial charge in [-0.25, -0.2) is 0 Å². The molecule has 0 spiro atoms. The van der Waals surface area contributed by atoms with Crippen LogP contribution >= 0.6 is 0 Å². The molecule has 1 aromatic carbocycles. The molecule has 1 aliphatic heterocycles. The van der Waals surface area contributed by atoms with Crippen LogP contribution < -0.4 is 4.74 Å². The molecule has 0 aliphatic carbocycles. The molecule has 160 valence electrons. The molecule has 2 rings (SSSR count). The molecule has 4 N–H and O–H groups in total. The molecule has 1 heterocycles. The largest absolute Gasteiger partial charge is 0.493 e. The minimum Gasteiger partial charge on any atom is -0.493 e. The number of rotatable bonds is 10. The van der Waals surface area contributed by atoms with Crippen molar-refractivity contribution in [3.05, 3.63) is 29.3 Å². The molecule has 1 aromatic rings. The second-order valence-electron chi connectivity index (χ2n) is 8.25. The van der Waals surface area contributed by atoms with E-state index in [1.165, 1.54) is 11.1 Å². The summed E-state index contributed by atoms with van der Waals surface area (Å²) >= 11 is 0. The van der Waals surface area contributed by atoms with Gasteiger partial charge in [-0.2, -0.15) is 0 Å². The van der Waals surface area contributed by atoms with E-state index in [-0.39, 0.29) is 13.2 Å². The number of benzene rings is 1. The van der Waals surface area contributed by atoms with Crippen LogP contribution in [0.25, 0.3) is 0 Å². The number of aliphatic hydroxyl groups is 4. The first-order valence-electron chi connectivity index (χ1n) is 10.5. The van der Waals surface area contributed by atoms with Crippen molar-refractivity contribution in [1.82, 2.24) is 4.90 Å². The van der Waals surface area contributed by atoms with Gasteiger partial charge in [-0.1, -0.05) is 38.8 Å². The maximum absolute atomic E-state index is 10.0. The number of hydrogen-bond donors (Lipinski definition) is 4. The fourth-order valence-electron chi connectivity index (χ4n) is 3.83. The molecule has 6 heteroatoms. The minimum atomic E-state index is -1.19. The van der Waals surface area contributed by atoms with Gasteiger partial charge in [0.1, 0.15) is 18.0 Å². The smallest absolute Gasteiger partial charge is 0.122 e. The topological polar surface area (TPSA) is 93.4 Å². The first-order chi connectivity index (χ1) is 13.3. The Labute approximate surface area is 168 Å². The van der Waals surface area contributed by atoms with E-state index in [1.807, 2.05) is 4.90 Å². The zero-order valence-corrected chi connectivity index (χ0v) is 17.4. The Kier molecular flexibility index (Phi) is 9.18. The lowest BCUT2D eigenvalue weighted by Gasteiger charge is -2.43. The summed E-state index contributed by atoms with van der Waals surface area (Å²) in [4.78, 5) is 1.88. The van der Waals surface area contributed by atoms with Crippen molar-refractivity contribution >= 4 is 0 Å². The average Bonchev–Trinajstić information content (AvgIpc) is 2.65. The van der Waals surface area contributed by atoms with E-state index in [4.69, 9.17) is 4.74 Å². The predicted octanol–water partition coefficient (Wildman–Crippen LogP) is 1.82. The summed E-state index contributed by atoms with van der Waals surface area (Å²) in [6.45, 7) is 7.84. The van der Waals surface area contributed by atoms with Crippen molar-refractivity contribution in [3.8, 4) is 5.75 Å². The standard InChI is InChI=1S/C22H37NO5/c1-15(2)17-9-8-16(3)12-20(17)28-11-7-5-4-6-10-23-13-19(25)22(27)21(26)18(23)14-24/h8-9,12,15,18-19,21-22,24-27H,4-7,10-11,13-14H2,1-3H3/t18-,19+,21-,22-/m1/s1. The Morgan fingerprint density at radius 2 is 1.79 bits per heavy atom. The minimum absolute atomic E-state index is 0.229. The lowest BCUT2D eigenvalue weighted by atomic mass is 9.94. The molecule has 0 aromatic heterocycles. The summed E-state index contributed by atoms with van der Waals surface area (Å²) in [6.07, 6.45) is 0.642. The van der Waals surface area contributed by atoms with Gasteiger partial charge in [-0.15, -0.1) is 0 Å². The van der Waals surface area contributed by atoms with Gasteiger partial charge < -0.3 is 25.2 Å². The highest BCUT2D eigenvalue weighted by Gasteiger charge is 2.40. The number of hydrogen-bond acceptors (Lipinski definition) is 6. The molecule has 1 saturated heterocycles. The summed E-state index contributed by atoms with van der Waals surface area (Å²) < 4.78 is 6.01. The van der Waals surface area contributed by atoms with Gasteiger partial charge in [-0.05, 0) is 49.4 Å². The van der Waals surface area contributed by atoms with Gasteiger partial charge in [-0.3, -0.25) is 4.90 Å². The molecule has 1 aliphatic rings. The molecule has 0 radical (unpaired) electrons. The fourth-order valence-corrected chi connectivity index (χ4v) is 3.83. The maximum atomic E-state index is 10.0. The van der Waals surface area contributed by atoms with E-state index in [2.05, 4.69) is 39.0 Å². The normalized spacial score (nSPS) is 26.0. The highest BCUT2D eigenvalue weighted by Crippen LogP contribution is 2.27. The van der Waals surface area contributed by atoms with Gasteiger partial charge >= 0.3 is 0 Å². The van der Waals surface area contributed by atoms with Crippen molar-refractivity contribution < 1.29 is 25.2 Å². The monoisotopic (exact) mass is 395 g/mol. The van der Waals surface area contributed by atoms with Crippen LogP contribution in [-0.4, -0.2) is 76.0 Å². The van der Waals surface area contributed by atoms with Crippen LogP contribution in [0.15, 0.2) is 18.2 Å². The fraction of sp³-hybridized carbons (Fsp3) is 0.727. The van der Waals surface area contributed by atoms with Crippen LogP contribution in [0.3, 0.4) is 0 Å². The summed E-state index contributed by atoms with van der Waals surface area (Å²) in [7, 11) is 0. The highest BCUT2D eigenvalue weighted by molar-refractivity contribution is 5.39. The van der Waals surface area contributed by atoms with Crippen LogP contribution in [0.2, 0.25) is 0 Å².